The lowest BCUT2D eigenvalue weighted by Crippen LogP contribution is -2.27. The van der Waals surface area contributed by atoms with Crippen LogP contribution < -0.4 is 15.2 Å². The van der Waals surface area contributed by atoms with Gasteiger partial charge in [0.2, 0.25) is 11.8 Å². The van der Waals surface area contributed by atoms with E-state index in [2.05, 4.69) is 51.1 Å². The first-order valence-corrected chi connectivity index (χ1v) is 15.1. The van der Waals surface area contributed by atoms with E-state index in [1.165, 1.54) is 24.2 Å². The molecule has 44 heavy (non-hydrogen) atoms. The van der Waals surface area contributed by atoms with Crippen molar-refractivity contribution in [3.63, 3.8) is 0 Å². The zero-order valence-corrected chi connectivity index (χ0v) is 25.8. The number of anilines is 1. The van der Waals surface area contributed by atoms with Crippen molar-refractivity contribution in [1.29, 1.82) is 0 Å². The maximum absolute atomic E-state index is 10.2. The standard InChI is InChI=1S/C35H32ClN5O2S/c1-34(2,42)25-18-20-29(21-19-25)43-32-22-31(36)39-33(40-32)41-44-30(23-37)24-38-35(26-12-6-3-7-13-26,27-14-8-4-9-15-27)28-16-10-5-11-17-28/h3-24,42H,37H2,1-2H3,(H,39,40,41). The third kappa shape index (κ3) is 7.29. The normalized spacial score (nSPS) is 12.3. The van der Waals surface area contributed by atoms with Crippen molar-refractivity contribution >= 4 is 35.7 Å². The minimum atomic E-state index is -0.953. The number of aromatic nitrogens is 2. The van der Waals surface area contributed by atoms with E-state index in [-0.39, 0.29) is 17.0 Å². The van der Waals surface area contributed by atoms with Gasteiger partial charge in [-0.1, -0.05) is 115 Å². The molecule has 0 saturated carbocycles. The summed E-state index contributed by atoms with van der Waals surface area (Å²) in [7, 11) is 0. The molecular weight excluding hydrogens is 590 g/mol. The van der Waals surface area contributed by atoms with Crippen molar-refractivity contribution in [2.24, 2.45) is 10.7 Å². The van der Waals surface area contributed by atoms with E-state index >= 15 is 0 Å². The molecule has 0 aliphatic carbocycles. The van der Waals surface area contributed by atoms with Crippen LogP contribution in [-0.4, -0.2) is 21.3 Å². The molecule has 7 nitrogen and oxygen atoms in total. The molecule has 9 heteroatoms. The van der Waals surface area contributed by atoms with Crippen LogP contribution in [0.25, 0.3) is 0 Å². The molecule has 4 aromatic carbocycles. The van der Waals surface area contributed by atoms with Gasteiger partial charge in [-0.3, -0.25) is 9.71 Å². The third-order valence-electron chi connectivity index (χ3n) is 6.84. The van der Waals surface area contributed by atoms with E-state index in [9.17, 15) is 5.11 Å². The van der Waals surface area contributed by atoms with Crippen LogP contribution in [-0.2, 0) is 11.1 Å². The number of nitrogens with two attached hydrogens (primary N) is 1. The summed E-state index contributed by atoms with van der Waals surface area (Å²) in [4.78, 5) is 14.6. The molecule has 1 aromatic heterocycles. The fraction of sp³-hybridized carbons (Fsp3) is 0.114. The molecule has 0 unspecified atom stereocenters. The van der Waals surface area contributed by atoms with Crippen molar-refractivity contribution in [2.75, 3.05) is 4.72 Å². The first-order chi connectivity index (χ1) is 21.3. The van der Waals surface area contributed by atoms with Gasteiger partial charge in [0.1, 0.15) is 16.4 Å². The Kier molecular flexibility index (Phi) is 9.65. The van der Waals surface area contributed by atoms with Crippen LogP contribution in [0.4, 0.5) is 5.95 Å². The molecule has 1 heterocycles. The molecule has 0 fully saturated rings. The maximum atomic E-state index is 10.2. The first kappa shape index (κ1) is 30.8. The third-order valence-corrected chi connectivity index (χ3v) is 7.79. The van der Waals surface area contributed by atoms with Crippen LogP contribution in [0.15, 0.2) is 137 Å². The van der Waals surface area contributed by atoms with Gasteiger partial charge in [-0.25, -0.2) is 4.98 Å². The summed E-state index contributed by atoms with van der Waals surface area (Å²) >= 11 is 7.50. The lowest BCUT2D eigenvalue weighted by molar-refractivity contribution is 0.0785. The number of aliphatic imine (C=N–C) groups is 1. The smallest absolute Gasteiger partial charge is 0.237 e. The maximum Gasteiger partial charge on any atom is 0.237 e. The number of aliphatic hydroxyl groups is 1. The van der Waals surface area contributed by atoms with Gasteiger partial charge in [0.25, 0.3) is 0 Å². The van der Waals surface area contributed by atoms with Gasteiger partial charge in [-0.2, -0.15) is 4.98 Å². The van der Waals surface area contributed by atoms with Gasteiger partial charge in [0.05, 0.1) is 10.5 Å². The molecule has 0 radical (unpaired) electrons. The highest BCUT2D eigenvalue weighted by atomic mass is 35.5. The van der Waals surface area contributed by atoms with E-state index in [0.29, 0.717) is 10.7 Å². The van der Waals surface area contributed by atoms with E-state index in [1.807, 2.05) is 54.6 Å². The average molecular weight is 622 g/mol. The highest BCUT2D eigenvalue weighted by molar-refractivity contribution is 8.05. The molecule has 5 aromatic rings. The van der Waals surface area contributed by atoms with E-state index in [1.54, 1.807) is 44.3 Å². The highest BCUT2D eigenvalue weighted by Crippen LogP contribution is 2.40. The van der Waals surface area contributed by atoms with Crippen molar-refractivity contribution in [2.45, 2.75) is 25.0 Å². The predicted molar refractivity (Wildman–Crippen MR) is 180 cm³/mol. The fourth-order valence-corrected chi connectivity index (χ4v) is 5.32. The second kappa shape index (κ2) is 13.8. The number of hydrogen-bond donors (Lipinski definition) is 3. The SMILES string of the molecule is CC(C)(O)c1ccc(Oc2cc(Cl)nc(NSC(C=NC(c3ccccc3)(c3ccccc3)c3ccccc3)=CN)n2)cc1. The lowest BCUT2D eigenvalue weighted by atomic mass is 9.77. The van der Waals surface area contributed by atoms with Crippen LogP contribution >= 0.6 is 23.5 Å². The van der Waals surface area contributed by atoms with Gasteiger partial charge in [0, 0.05) is 18.5 Å². The number of halogens is 1. The Morgan fingerprint density at radius 1 is 0.818 bits per heavy atom. The number of hydrogen-bond acceptors (Lipinski definition) is 8. The average Bonchev–Trinajstić information content (AvgIpc) is 3.04. The summed E-state index contributed by atoms with van der Waals surface area (Å²) in [5.41, 5.74) is 8.09. The fourth-order valence-electron chi connectivity index (χ4n) is 4.68. The van der Waals surface area contributed by atoms with Crippen LogP contribution in [0.2, 0.25) is 5.15 Å². The Morgan fingerprint density at radius 2 is 1.34 bits per heavy atom. The molecule has 0 spiro atoms. The van der Waals surface area contributed by atoms with Gasteiger partial charge < -0.3 is 15.6 Å². The zero-order valence-electron chi connectivity index (χ0n) is 24.3. The molecular formula is C35H32ClN5O2S. The van der Waals surface area contributed by atoms with Gasteiger partial charge in [-0.15, -0.1) is 0 Å². The number of allylic oxidation sites excluding steroid dienone is 1. The summed E-state index contributed by atoms with van der Waals surface area (Å²) < 4.78 is 9.01. The van der Waals surface area contributed by atoms with Gasteiger partial charge in [-0.05, 0) is 60.2 Å². The van der Waals surface area contributed by atoms with Crippen LogP contribution in [0.1, 0.15) is 36.1 Å². The Morgan fingerprint density at radius 3 is 1.82 bits per heavy atom. The van der Waals surface area contributed by atoms with Crippen LogP contribution in [0.5, 0.6) is 11.6 Å². The van der Waals surface area contributed by atoms with Gasteiger partial charge in [0.15, 0.2) is 0 Å². The largest absolute Gasteiger partial charge is 0.439 e. The van der Waals surface area contributed by atoms with E-state index in [0.717, 1.165) is 22.3 Å². The second-order valence-electron chi connectivity index (χ2n) is 10.4. The Labute approximate surface area is 266 Å². The van der Waals surface area contributed by atoms with Crippen molar-refractivity contribution in [1.82, 2.24) is 9.97 Å². The number of ether oxygens (including phenoxy) is 1. The molecule has 0 aliphatic rings. The van der Waals surface area contributed by atoms with Crippen molar-refractivity contribution < 1.29 is 9.84 Å². The molecule has 0 bridgehead atoms. The Balaban J connectivity index is 1.40. The Bertz CT molecular complexity index is 1630. The van der Waals surface area contributed by atoms with E-state index in [4.69, 9.17) is 27.1 Å². The topological polar surface area (TPSA) is 106 Å². The minimum Gasteiger partial charge on any atom is -0.439 e. The van der Waals surface area contributed by atoms with Gasteiger partial charge >= 0.3 is 0 Å². The molecule has 0 amide bonds. The summed E-state index contributed by atoms with van der Waals surface area (Å²) in [6.07, 6.45) is 3.22. The molecule has 5 rings (SSSR count). The summed E-state index contributed by atoms with van der Waals surface area (Å²) in [6, 6.07) is 39.2. The predicted octanol–water partition coefficient (Wildman–Crippen LogP) is 8.07. The number of nitrogens with zero attached hydrogens (tertiary/aromatic N) is 3. The molecule has 0 aliphatic heterocycles. The molecule has 222 valence electrons. The van der Waals surface area contributed by atoms with E-state index < -0.39 is 11.1 Å². The number of rotatable bonds is 11. The minimum absolute atomic E-state index is 0.203. The summed E-state index contributed by atoms with van der Waals surface area (Å²) in [5.74, 6) is 1.03. The lowest BCUT2D eigenvalue weighted by Gasteiger charge is -2.32. The highest BCUT2D eigenvalue weighted by Gasteiger charge is 2.35. The molecule has 0 atom stereocenters. The van der Waals surface area contributed by atoms with Crippen LogP contribution in [0, 0.1) is 0 Å². The van der Waals surface area contributed by atoms with Crippen molar-refractivity contribution in [3.05, 3.63) is 160 Å². The monoisotopic (exact) mass is 621 g/mol. The molecule has 0 saturated heterocycles. The van der Waals surface area contributed by atoms with Crippen LogP contribution in [0.3, 0.4) is 0 Å². The summed E-state index contributed by atoms with van der Waals surface area (Å²) in [6.45, 7) is 3.45. The zero-order chi connectivity index (χ0) is 31.0. The number of nitrogens with one attached hydrogen (secondary N) is 1. The summed E-state index contributed by atoms with van der Waals surface area (Å²) in [5, 5.41) is 10.4. The second-order valence-corrected chi connectivity index (χ2v) is 11.6. The Hall–Kier alpha value is -4.63. The number of benzene rings is 4. The first-order valence-electron chi connectivity index (χ1n) is 13.9. The molecule has 4 N–H and O–H groups in total. The van der Waals surface area contributed by atoms with Crippen molar-refractivity contribution in [3.8, 4) is 11.6 Å². The quantitative estimate of drug-likeness (QED) is 0.0592.